The van der Waals surface area contributed by atoms with E-state index in [1.807, 2.05) is 0 Å². The molecule has 0 radical (unpaired) electrons. The minimum atomic E-state index is -0.359. The summed E-state index contributed by atoms with van der Waals surface area (Å²) < 4.78 is 19.1. The molecular weight excluding hydrogens is 313 g/mol. The Bertz CT molecular complexity index is 551. The van der Waals surface area contributed by atoms with Crippen LogP contribution >= 0.6 is 15.9 Å². The highest BCUT2D eigenvalue weighted by atomic mass is 79.9. The Kier molecular flexibility index (Phi) is 4.31. The van der Waals surface area contributed by atoms with Crippen molar-refractivity contribution in [3.05, 3.63) is 34.4 Å². The van der Waals surface area contributed by atoms with Gasteiger partial charge in [-0.25, -0.2) is 4.39 Å². The molecular formula is C13H15BrFN3O. The van der Waals surface area contributed by atoms with Crippen LogP contribution in [0.3, 0.4) is 0 Å². The van der Waals surface area contributed by atoms with Crippen molar-refractivity contribution in [2.75, 3.05) is 0 Å². The molecule has 4 nitrogen and oxygen atoms in total. The molecule has 2 rings (SSSR count). The van der Waals surface area contributed by atoms with E-state index in [0.717, 1.165) is 6.42 Å². The molecule has 0 saturated carbocycles. The van der Waals surface area contributed by atoms with Crippen LogP contribution in [0, 0.1) is 11.7 Å². The van der Waals surface area contributed by atoms with Crippen molar-refractivity contribution in [1.82, 2.24) is 10.1 Å². The summed E-state index contributed by atoms with van der Waals surface area (Å²) in [4.78, 5) is 4.23. The summed E-state index contributed by atoms with van der Waals surface area (Å²) in [5.74, 6) is 0.800. The first-order chi connectivity index (χ1) is 8.95. The van der Waals surface area contributed by atoms with Gasteiger partial charge in [-0.2, -0.15) is 4.98 Å². The first-order valence-electron chi connectivity index (χ1n) is 6.01. The fourth-order valence-corrected chi connectivity index (χ4v) is 2.26. The van der Waals surface area contributed by atoms with E-state index in [1.54, 1.807) is 6.07 Å². The van der Waals surface area contributed by atoms with Crippen LogP contribution in [0.25, 0.3) is 11.4 Å². The number of hydrogen-bond acceptors (Lipinski definition) is 4. The highest BCUT2D eigenvalue weighted by molar-refractivity contribution is 9.10. The molecule has 6 heteroatoms. The quantitative estimate of drug-likeness (QED) is 0.930. The molecule has 1 unspecified atom stereocenters. The van der Waals surface area contributed by atoms with Crippen molar-refractivity contribution >= 4 is 15.9 Å². The number of halogens is 2. The molecule has 1 atom stereocenters. The standard InChI is InChI=1S/C13H15BrFN3O/c1-7(2)3-11(16)13-17-12(18-19-13)8-4-9(14)6-10(15)5-8/h4-7,11H,3,16H2,1-2H3. The molecule has 0 bridgehead atoms. The summed E-state index contributed by atoms with van der Waals surface area (Å²) in [6.07, 6.45) is 0.758. The van der Waals surface area contributed by atoms with Crippen molar-refractivity contribution in [3.8, 4) is 11.4 Å². The lowest BCUT2D eigenvalue weighted by atomic mass is 10.0. The maximum Gasteiger partial charge on any atom is 0.243 e. The van der Waals surface area contributed by atoms with E-state index in [-0.39, 0.29) is 11.9 Å². The summed E-state index contributed by atoms with van der Waals surface area (Å²) in [6.45, 7) is 4.14. The number of nitrogens with two attached hydrogens (primary N) is 1. The number of rotatable bonds is 4. The van der Waals surface area contributed by atoms with Crippen LogP contribution in [0.5, 0.6) is 0 Å². The van der Waals surface area contributed by atoms with E-state index in [0.29, 0.717) is 27.7 Å². The van der Waals surface area contributed by atoms with Crippen molar-refractivity contribution in [3.63, 3.8) is 0 Å². The van der Waals surface area contributed by atoms with Gasteiger partial charge >= 0.3 is 0 Å². The molecule has 2 aromatic rings. The highest BCUT2D eigenvalue weighted by Crippen LogP contribution is 2.24. The highest BCUT2D eigenvalue weighted by Gasteiger charge is 2.17. The minimum absolute atomic E-state index is 0.293. The molecule has 19 heavy (non-hydrogen) atoms. The third kappa shape index (κ3) is 3.61. The van der Waals surface area contributed by atoms with Crippen LogP contribution in [0.1, 0.15) is 32.2 Å². The van der Waals surface area contributed by atoms with Gasteiger partial charge in [-0.3, -0.25) is 0 Å². The summed E-state index contributed by atoms with van der Waals surface area (Å²) in [6, 6.07) is 4.16. The van der Waals surface area contributed by atoms with Gasteiger partial charge in [-0.05, 0) is 30.5 Å². The second kappa shape index (κ2) is 5.79. The van der Waals surface area contributed by atoms with Crippen LogP contribution < -0.4 is 5.73 Å². The van der Waals surface area contributed by atoms with E-state index in [9.17, 15) is 4.39 Å². The van der Waals surface area contributed by atoms with Crippen molar-refractivity contribution < 1.29 is 8.91 Å². The smallest absolute Gasteiger partial charge is 0.243 e. The summed E-state index contributed by atoms with van der Waals surface area (Å²) >= 11 is 3.23. The normalized spacial score (nSPS) is 12.9. The van der Waals surface area contributed by atoms with E-state index < -0.39 is 0 Å². The fourth-order valence-electron chi connectivity index (χ4n) is 1.79. The van der Waals surface area contributed by atoms with Gasteiger partial charge in [0.25, 0.3) is 0 Å². The largest absolute Gasteiger partial charge is 0.337 e. The second-order valence-electron chi connectivity index (χ2n) is 4.85. The Labute approximate surface area is 119 Å². The zero-order valence-corrected chi connectivity index (χ0v) is 12.3. The number of benzene rings is 1. The van der Waals surface area contributed by atoms with Crippen molar-refractivity contribution in [2.45, 2.75) is 26.3 Å². The van der Waals surface area contributed by atoms with E-state index in [2.05, 4.69) is 39.9 Å². The van der Waals surface area contributed by atoms with Gasteiger partial charge < -0.3 is 10.3 Å². The molecule has 0 aliphatic heterocycles. The Hall–Kier alpha value is -1.27. The predicted octanol–water partition coefficient (Wildman–Crippen LogP) is 3.68. The second-order valence-corrected chi connectivity index (χ2v) is 5.77. The van der Waals surface area contributed by atoms with Crippen LogP contribution in [-0.2, 0) is 0 Å². The van der Waals surface area contributed by atoms with Gasteiger partial charge in [0.2, 0.25) is 11.7 Å². The third-order valence-corrected chi connectivity index (χ3v) is 3.06. The maximum absolute atomic E-state index is 13.3. The lowest BCUT2D eigenvalue weighted by Crippen LogP contribution is -2.13. The minimum Gasteiger partial charge on any atom is -0.337 e. The summed E-state index contributed by atoms with van der Waals surface area (Å²) in [5.41, 5.74) is 6.52. The van der Waals surface area contributed by atoms with E-state index >= 15 is 0 Å². The number of nitrogens with zero attached hydrogens (tertiary/aromatic N) is 2. The Morgan fingerprint density at radius 3 is 2.74 bits per heavy atom. The molecule has 1 heterocycles. The lowest BCUT2D eigenvalue weighted by Gasteiger charge is -2.08. The zero-order chi connectivity index (χ0) is 14.0. The average Bonchev–Trinajstić information content (AvgIpc) is 2.75. The molecule has 0 amide bonds. The molecule has 1 aromatic heterocycles. The van der Waals surface area contributed by atoms with Crippen LogP contribution in [-0.4, -0.2) is 10.1 Å². The molecule has 1 aromatic carbocycles. The van der Waals surface area contributed by atoms with Crippen LogP contribution in [0.2, 0.25) is 0 Å². The molecule has 0 saturated heterocycles. The Morgan fingerprint density at radius 1 is 1.37 bits per heavy atom. The molecule has 0 aliphatic rings. The topological polar surface area (TPSA) is 64.9 Å². The summed E-state index contributed by atoms with van der Waals surface area (Å²) in [7, 11) is 0. The average molecular weight is 328 g/mol. The third-order valence-electron chi connectivity index (χ3n) is 2.61. The molecule has 2 N–H and O–H groups in total. The van der Waals surface area contributed by atoms with Crippen LogP contribution in [0.15, 0.2) is 27.2 Å². The number of aromatic nitrogens is 2. The lowest BCUT2D eigenvalue weighted by molar-refractivity contribution is 0.335. The first kappa shape index (κ1) is 14.1. The van der Waals surface area contributed by atoms with Gasteiger partial charge in [0.1, 0.15) is 5.82 Å². The van der Waals surface area contributed by atoms with Gasteiger partial charge in [0.15, 0.2) is 0 Å². The monoisotopic (exact) mass is 327 g/mol. The fraction of sp³-hybridized carbons (Fsp3) is 0.385. The molecule has 102 valence electrons. The van der Waals surface area contributed by atoms with Gasteiger partial charge in [0.05, 0.1) is 6.04 Å². The van der Waals surface area contributed by atoms with Gasteiger partial charge in [0, 0.05) is 10.0 Å². The molecule has 0 aliphatic carbocycles. The van der Waals surface area contributed by atoms with Crippen molar-refractivity contribution in [1.29, 1.82) is 0 Å². The van der Waals surface area contributed by atoms with E-state index in [1.165, 1.54) is 12.1 Å². The zero-order valence-electron chi connectivity index (χ0n) is 10.7. The SMILES string of the molecule is CC(C)CC(N)c1nc(-c2cc(F)cc(Br)c2)no1. The van der Waals surface area contributed by atoms with Crippen molar-refractivity contribution in [2.24, 2.45) is 11.7 Å². The molecule has 0 spiro atoms. The first-order valence-corrected chi connectivity index (χ1v) is 6.80. The predicted molar refractivity (Wildman–Crippen MR) is 73.8 cm³/mol. The summed E-state index contributed by atoms with van der Waals surface area (Å²) in [5, 5.41) is 3.84. The van der Waals surface area contributed by atoms with Gasteiger partial charge in [-0.15, -0.1) is 0 Å². The molecule has 0 fully saturated rings. The van der Waals surface area contributed by atoms with E-state index in [4.69, 9.17) is 10.3 Å². The maximum atomic E-state index is 13.3. The Balaban J connectivity index is 2.25. The van der Waals surface area contributed by atoms with Crippen LogP contribution in [0.4, 0.5) is 4.39 Å². The number of hydrogen-bond donors (Lipinski definition) is 1. The Morgan fingerprint density at radius 2 is 2.11 bits per heavy atom. The van der Waals surface area contributed by atoms with Gasteiger partial charge in [-0.1, -0.05) is 34.9 Å².